The summed E-state index contributed by atoms with van der Waals surface area (Å²) in [4.78, 5) is 17.5. The van der Waals surface area contributed by atoms with Crippen LogP contribution >= 0.6 is 11.3 Å². The summed E-state index contributed by atoms with van der Waals surface area (Å²) in [5.74, 6) is 1.17. The maximum absolute atomic E-state index is 12.6. The second-order valence-corrected chi connectivity index (χ2v) is 7.86. The minimum atomic E-state index is -0.158. The molecule has 1 N–H and O–H groups in total. The highest BCUT2D eigenvalue weighted by atomic mass is 32.1. The molecule has 0 atom stereocenters. The van der Waals surface area contributed by atoms with Gasteiger partial charge in [-0.05, 0) is 44.2 Å². The monoisotopic (exact) mass is 433 g/mol. The van der Waals surface area contributed by atoms with Crippen molar-refractivity contribution in [3.05, 3.63) is 76.9 Å². The van der Waals surface area contributed by atoms with Crippen molar-refractivity contribution in [3.63, 3.8) is 0 Å². The Hall–Kier alpha value is -3.58. The fourth-order valence-corrected chi connectivity index (χ4v) is 4.37. The van der Waals surface area contributed by atoms with E-state index < -0.39 is 0 Å². The molecule has 4 rings (SSSR count). The molecule has 0 radical (unpaired) electrons. The minimum Gasteiger partial charge on any atom is -0.493 e. The number of para-hydroxylation sites is 1. The first-order valence-corrected chi connectivity index (χ1v) is 10.6. The van der Waals surface area contributed by atoms with E-state index in [0.717, 1.165) is 33.2 Å². The zero-order chi connectivity index (χ0) is 22.0. The van der Waals surface area contributed by atoms with Crippen molar-refractivity contribution >= 4 is 17.2 Å². The van der Waals surface area contributed by atoms with Crippen molar-refractivity contribution in [3.8, 4) is 33.3 Å². The van der Waals surface area contributed by atoms with Crippen LogP contribution in [0.5, 0.6) is 11.5 Å². The van der Waals surface area contributed by atoms with Crippen LogP contribution in [0, 0.1) is 13.8 Å². The molecule has 158 valence electrons. The Morgan fingerprint density at radius 1 is 1.00 bits per heavy atom. The summed E-state index contributed by atoms with van der Waals surface area (Å²) in [6.45, 7) is 3.93. The molecule has 0 saturated heterocycles. The third-order valence-electron chi connectivity index (χ3n) is 5.09. The largest absolute Gasteiger partial charge is 0.493 e. The molecule has 7 heteroatoms. The van der Waals surface area contributed by atoms with Gasteiger partial charge in [0.15, 0.2) is 11.5 Å². The van der Waals surface area contributed by atoms with E-state index in [-0.39, 0.29) is 5.91 Å². The van der Waals surface area contributed by atoms with Crippen molar-refractivity contribution in [2.75, 3.05) is 19.6 Å². The van der Waals surface area contributed by atoms with E-state index in [4.69, 9.17) is 14.5 Å². The summed E-state index contributed by atoms with van der Waals surface area (Å²) in [5, 5.41) is 2.85. The van der Waals surface area contributed by atoms with E-state index in [9.17, 15) is 4.79 Å². The van der Waals surface area contributed by atoms with Gasteiger partial charge in [0.05, 0.1) is 25.5 Å². The number of hydrogen-bond donors (Lipinski definition) is 1. The lowest BCUT2D eigenvalue weighted by Gasteiger charge is -2.11. The fraction of sp³-hybridized carbons (Fsp3) is 0.167. The number of ether oxygens (including phenoxy) is 2. The van der Waals surface area contributed by atoms with Crippen LogP contribution in [0.1, 0.15) is 21.7 Å². The van der Waals surface area contributed by atoms with Crippen LogP contribution in [-0.4, -0.2) is 29.8 Å². The highest BCUT2D eigenvalue weighted by Gasteiger charge is 2.18. The van der Waals surface area contributed by atoms with Crippen molar-refractivity contribution in [1.29, 1.82) is 0 Å². The molecular formula is C24H23N3O3S. The molecule has 0 aliphatic heterocycles. The quantitative estimate of drug-likeness (QED) is 0.448. The van der Waals surface area contributed by atoms with Crippen LogP contribution in [0.3, 0.4) is 0 Å². The molecule has 2 aromatic carbocycles. The van der Waals surface area contributed by atoms with Gasteiger partial charge in [0.25, 0.3) is 5.91 Å². The molecule has 0 saturated carbocycles. The number of aryl methyl sites for hydroxylation is 1. The third kappa shape index (κ3) is 3.92. The number of methoxy groups -OCH3 is 2. The molecule has 0 unspecified atom stereocenters. The number of thiazole rings is 1. The zero-order valence-corrected chi connectivity index (χ0v) is 18.6. The maximum atomic E-state index is 12.6. The third-order valence-corrected chi connectivity index (χ3v) is 5.97. The smallest absolute Gasteiger partial charge is 0.270 e. The lowest BCUT2D eigenvalue weighted by molar-refractivity contribution is 0.101. The second kappa shape index (κ2) is 8.65. The SMILES string of the molecule is COc1cccc(-c2nc(-c3cc(C)n(NC(=O)c4ccccc4)c3C)cs2)c1OC. The van der Waals surface area contributed by atoms with Crippen LogP contribution in [0.25, 0.3) is 21.8 Å². The molecule has 0 aliphatic rings. The Balaban J connectivity index is 1.66. The van der Waals surface area contributed by atoms with E-state index in [2.05, 4.69) is 5.43 Å². The highest BCUT2D eigenvalue weighted by molar-refractivity contribution is 7.13. The van der Waals surface area contributed by atoms with Gasteiger partial charge in [-0.15, -0.1) is 11.3 Å². The van der Waals surface area contributed by atoms with Crippen LogP contribution in [0.4, 0.5) is 0 Å². The zero-order valence-electron chi connectivity index (χ0n) is 17.8. The summed E-state index contributed by atoms with van der Waals surface area (Å²) < 4.78 is 12.8. The average Bonchev–Trinajstić information content (AvgIpc) is 3.39. The number of carbonyl (C=O) groups excluding carboxylic acids is 1. The highest BCUT2D eigenvalue weighted by Crippen LogP contribution is 2.40. The topological polar surface area (TPSA) is 65.4 Å². The van der Waals surface area contributed by atoms with E-state index in [1.807, 2.05) is 61.7 Å². The second-order valence-electron chi connectivity index (χ2n) is 7.01. The van der Waals surface area contributed by atoms with Crippen molar-refractivity contribution < 1.29 is 14.3 Å². The average molecular weight is 434 g/mol. The molecule has 2 aromatic heterocycles. The van der Waals surface area contributed by atoms with E-state index in [1.54, 1.807) is 31.0 Å². The molecule has 1 amide bonds. The number of rotatable bonds is 6. The van der Waals surface area contributed by atoms with Gasteiger partial charge in [-0.3, -0.25) is 14.9 Å². The van der Waals surface area contributed by atoms with Gasteiger partial charge in [-0.25, -0.2) is 4.98 Å². The molecule has 0 fully saturated rings. The summed E-state index contributed by atoms with van der Waals surface area (Å²) in [5.41, 5.74) is 8.11. The normalized spacial score (nSPS) is 10.7. The molecule has 0 spiro atoms. The Kier molecular flexibility index (Phi) is 5.77. The van der Waals surface area contributed by atoms with Crippen molar-refractivity contribution in [2.24, 2.45) is 0 Å². The number of nitrogens with one attached hydrogen (secondary N) is 1. The van der Waals surface area contributed by atoms with Gasteiger partial charge >= 0.3 is 0 Å². The molecular weight excluding hydrogens is 410 g/mol. The van der Waals surface area contributed by atoms with Gasteiger partial charge in [-0.1, -0.05) is 24.3 Å². The van der Waals surface area contributed by atoms with Gasteiger partial charge in [0, 0.05) is 27.9 Å². The Labute approximate surface area is 185 Å². The predicted molar refractivity (Wildman–Crippen MR) is 124 cm³/mol. The first-order valence-electron chi connectivity index (χ1n) is 9.76. The number of amides is 1. The number of carbonyl (C=O) groups is 1. The summed E-state index contributed by atoms with van der Waals surface area (Å²) >= 11 is 1.54. The van der Waals surface area contributed by atoms with Crippen LogP contribution in [-0.2, 0) is 0 Å². The summed E-state index contributed by atoms with van der Waals surface area (Å²) in [7, 11) is 3.24. The number of aromatic nitrogens is 2. The molecule has 31 heavy (non-hydrogen) atoms. The first-order chi connectivity index (χ1) is 15.0. The standard InChI is InChI=1S/C24H23N3O3S/c1-15-13-19(16(2)27(15)26-23(28)17-9-6-5-7-10-17)20-14-31-24(25-20)18-11-8-12-21(29-3)22(18)30-4/h5-14H,1-4H3,(H,26,28). The molecule has 2 heterocycles. The number of nitrogens with zero attached hydrogens (tertiary/aromatic N) is 2. The van der Waals surface area contributed by atoms with Crippen LogP contribution < -0.4 is 14.9 Å². The van der Waals surface area contributed by atoms with Crippen molar-refractivity contribution in [2.45, 2.75) is 13.8 Å². The lowest BCUT2D eigenvalue weighted by atomic mass is 10.1. The predicted octanol–water partition coefficient (Wildman–Crippen LogP) is 5.30. The minimum absolute atomic E-state index is 0.158. The number of hydrogen-bond acceptors (Lipinski definition) is 5. The summed E-state index contributed by atoms with van der Waals surface area (Å²) in [6.07, 6.45) is 0. The Morgan fingerprint density at radius 3 is 2.48 bits per heavy atom. The van der Waals surface area contributed by atoms with Crippen LogP contribution in [0.2, 0.25) is 0 Å². The van der Waals surface area contributed by atoms with Crippen LogP contribution in [0.15, 0.2) is 60.0 Å². The van der Waals surface area contributed by atoms with Crippen molar-refractivity contribution in [1.82, 2.24) is 9.66 Å². The van der Waals surface area contributed by atoms with Gasteiger partial charge in [0.2, 0.25) is 0 Å². The molecule has 6 nitrogen and oxygen atoms in total. The van der Waals surface area contributed by atoms with E-state index >= 15 is 0 Å². The lowest BCUT2D eigenvalue weighted by Crippen LogP contribution is -2.24. The first kappa shape index (κ1) is 20.7. The van der Waals surface area contributed by atoms with Gasteiger partial charge in [0.1, 0.15) is 5.01 Å². The Bertz CT molecular complexity index is 1230. The van der Waals surface area contributed by atoms with Gasteiger partial charge < -0.3 is 9.47 Å². The van der Waals surface area contributed by atoms with E-state index in [1.165, 1.54) is 11.3 Å². The van der Waals surface area contributed by atoms with Gasteiger partial charge in [-0.2, -0.15) is 0 Å². The summed E-state index contributed by atoms with van der Waals surface area (Å²) in [6, 6.07) is 16.9. The molecule has 0 bridgehead atoms. The molecule has 0 aliphatic carbocycles. The fourth-order valence-electron chi connectivity index (χ4n) is 3.53. The Morgan fingerprint density at radius 2 is 1.77 bits per heavy atom. The van der Waals surface area contributed by atoms with E-state index in [0.29, 0.717) is 17.1 Å². The maximum Gasteiger partial charge on any atom is 0.270 e. The molecule has 4 aromatic rings. The number of benzene rings is 2.